The molecule has 7 nitrogen and oxygen atoms in total. The first-order valence-corrected chi connectivity index (χ1v) is 9.20. The Balaban J connectivity index is 1.49. The number of rotatable bonds is 5. The molecule has 0 bridgehead atoms. The molecule has 2 aromatic heterocycles. The fourth-order valence-corrected chi connectivity index (χ4v) is 3.51. The Morgan fingerprint density at radius 1 is 1.15 bits per heavy atom. The Morgan fingerprint density at radius 2 is 1.93 bits per heavy atom. The number of carbonyl (C=O) groups is 2. The van der Waals surface area contributed by atoms with Crippen LogP contribution >= 0.6 is 0 Å². The normalized spacial score (nSPS) is 14.8. The van der Waals surface area contributed by atoms with Gasteiger partial charge in [-0.25, -0.2) is 9.97 Å². The van der Waals surface area contributed by atoms with E-state index in [2.05, 4.69) is 25.6 Å². The number of amides is 2. The van der Waals surface area contributed by atoms with Crippen molar-refractivity contribution in [3.05, 3.63) is 36.5 Å². The van der Waals surface area contributed by atoms with E-state index in [0.717, 1.165) is 48.0 Å². The summed E-state index contributed by atoms with van der Waals surface area (Å²) in [5.41, 5.74) is 3.21. The molecule has 1 aromatic carbocycles. The Hall–Kier alpha value is -3.22. The van der Waals surface area contributed by atoms with Gasteiger partial charge in [-0.15, -0.1) is 0 Å². The second-order valence-corrected chi connectivity index (χ2v) is 6.84. The predicted molar refractivity (Wildman–Crippen MR) is 104 cm³/mol. The monoisotopic (exact) mass is 363 g/mol. The van der Waals surface area contributed by atoms with E-state index in [4.69, 9.17) is 0 Å². The molecule has 7 heteroatoms. The summed E-state index contributed by atoms with van der Waals surface area (Å²) in [5.74, 6) is 1.42. The molecule has 27 heavy (non-hydrogen) atoms. The zero-order chi connectivity index (χ0) is 18.6. The van der Waals surface area contributed by atoms with Gasteiger partial charge in [0.1, 0.15) is 11.6 Å². The maximum absolute atomic E-state index is 12.4. The van der Waals surface area contributed by atoms with Gasteiger partial charge in [0.2, 0.25) is 12.3 Å². The SMILES string of the molecule is O=CNc1cc2nc(-c3ccc(NC(=O)C4CCCCC4)cc3)[nH]c2cn1. The molecule has 3 aromatic rings. The van der Waals surface area contributed by atoms with Gasteiger partial charge in [0.25, 0.3) is 0 Å². The van der Waals surface area contributed by atoms with E-state index >= 15 is 0 Å². The molecule has 1 aliphatic carbocycles. The molecule has 138 valence electrons. The summed E-state index contributed by atoms with van der Waals surface area (Å²) in [6, 6.07) is 9.34. The van der Waals surface area contributed by atoms with Crippen molar-refractivity contribution in [2.75, 3.05) is 10.6 Å². The number of H-pyrrole nitrogens is 1. The number of anilines is 2. The first kappa shape index (κ1) is 17.2. The van der Waals surface area contributed by atoms with Crippen molar-refractivity contribution in [3.63, 3.8) is 0 Å². The molecule has 2 amide bonds. The van der Waals surface area contributed by atoms with Crippen LogP contribution in [-0.4, -0.2) is 27.3 Å². The van der Waals surface area contributed by atoms with Crippen molar-refractivity contribution in [3.8, 4) is 11.4 Å². The summed E-state index contributed by atoms with van der Waals surface area (Å²) in [7, 11) is 0. The van der Waals surface area contributed by atoms with Crippen molar-refractivity contribution in [1.82, 2.24) is 15.0 Å². The van der Waals surface area contributed by atoms with Gasteiger partial charge in [-0.2, -0.15) is 0 Å². The first-order valence-electron chi connectivity index (χ1n) is 9.20. The van der Waals surface area contributed by atoms with Crippen LogP contribution in [0.1, 0.15) is 32.1 Å². The summed E-state index contributed by atoms with van der Waals surface area (Å²) in [4.78, 5) is 34.8. The molecule has 0 spiro atoms. The largest absolute Gasteiger partial charge is 0.337 e. The number of aromatic nitrogens is 3. The summed E-state index contributed by atoms with van der Waals surface area (Å²) < 4.78 is 0. The maximum Gasteiger partial charge on any atom is 0.227 e. The minimum absolute atomic E-state index is 0.118. The second-order valence-electron chi connectivity index (χ2n) is 6.84. The summed E-state index contributed by atoms with van der Waals surface area (Å²) >= 11 is 0. The molecule has 0 atom stereocenters. The number of hydrogen-bond acceptors (Lipinski definition) is 4. The van der Waals surface area contributed by atoms with Gasteiger partial charge >= 0.3 is 0 Å². The van der Waals surface area contributed by atoms with Crippen LogP contribution in [0.15, 0.2) is 36.5 Å². The third-order valence-electron chi connectivity index (χ3n) is 4.98. The number of aromatic amines is 1. The molecule has 0 saturated heterocycles. The average molecular weight is 363 g/mol. The van der Waals surface area contributed by atoms with Crippen LogP contribution in [0, 0.1) is 5.92 Å². The lowest BCUT2D eigenvalue weighted by molar-refractivity contribution is -0.120. The highest BCUT2D eigenvalue weighted by Crippen LogP contribution is 2.26. The number of pyridine rings is 1. The zero-order valence-corrected chi connectivity index (χ0v) is 14.9. The van der Waals surface area contributed by atoms with Gasteiger partial charge in [-0.3, -0.25) is 9.59 Å². The minimum Gasteiger partial charge on any atom is -0.337 e. The molecule has 4 rings (SSSR count). The molecule has 0 radical (unpaired) electrons. The molecule has 1 saturated carbocycles. The lowest BCUT2D eigenvalue weighted by Crippen LogP contribution is -2.24. The fraction of sp³-hybridized carbons (Fsp3) is 0.300. The number of carbonyl (C=O) groups excluding carboxylic acids is 2. The number of imidazole rings is 1. The third kappa shape index (κ3) is 3.81. The van der Waals surface area contributed by atoms with Gasteiger partial charge in [-0.1, -0.05) is 19.3 Å². The molecule has 1 aliphatic rings. The van der Waals surface area contributed by atoms with Crippen molar-refractivity contribution in [1.29, 1.82) is 0 Å². The highest BCUT2D eigenvalue weighted by molar-refractivity contribution is 5.93. The molecule has 2 heterocycles. The number of nitrogens with zero attached hydrogens (tertiary/aromatic N) is 2. The van der Waals surface area contributed by atoms with Crippen LogP contribution in [0.2, 0.25) is 0 Å². The van der Waals surface area contributed by atoms with E-state index in [0.29, 0.717) is 18.1 Å². The average Bonchev–Trinajstić information content (AvgIpc) is 3.13. The van der Waals surface area contributed by atoms with Gasteiger partial charge in [-0.05, 0) is 37.1 Å². The molecule has 3 N–H and O–H groups in total. The van der Waals surface area contributed by atoms with E-state index in [1.807, 2.05) is 24.3 Å². The van der Waals surface area contributed by atoms with Crippen LogP contribution in [0.25, 0.3) is 22.4 Å². The zero-order valence-electron chi connectivity index (χ0n) is 14.9. The van der Waals surface area contributed by atoms with Gasteiger partial charge < -0.3 is 15.6 Å². The summed E-state index contributed by atoms with van der Waals surface area (Å²) in [6.07, 6.45) is 7.70. The molecule has 0 unspecified atom stereocenters. The second kappa shape index (κ2) is 7.57. The van der Waals surface area contributed by atoms with E-state index in [-0.39, 0.29) is 11.8 Å². The molecular formula is C20H21N5O2. The maximum atomic E-state index is 12.4. The van der Waals surface area contributed by atoms with E-state index in [1.54, 1.807) is 12.3 Å². The van der Waals surface area contributed by atoms with Crippen molar-refractivity contribution >= 4 is 34.9 Å². The minimum atomic E-state index is 0.118. The van der Waals surface area contributed by atoms with E-state index in [1.165, 1.54) is 6.42 Å². The Kier molecular flexibility index (Phi) is 4.82. The third-order valence-corrected chi connectivity index (χ3v) is 4.98. The number of nitrogens with one attached hydrogen (secondary N) is 3. The molecular weight excluding hydrogens is 342 g/mol. The standard InChI is InChI=1S/C20H21N5O2/c26-12-22-18-10-16-17(11-21-18)25-19(24-16)13-6-8-15(9-7-13)23-20(27)14-4-2-1-3-5-14/h6-12,14H,1-5H2,(H,23,27)(H,24,25)(H,21,22,26). The van der Waals surface area contributed by atoms with Crippen molar-refractivity contribution < 1.29 is 9.59 Å². The van der Waals surface area contributed by atoms with Gasteiger partial charge in [0, 0.05) is 23.2 Å². The number of fused-ring (bicyclic) bond motifs is 1. The number of benzene rings is 1. The van der Waals surface area contributed by atoms with Crippen molar-refractivity contribution in [2.45, 2.75) is 32.1 Å². The number of hydrogen-bond donors (Lipinski definition) is 3. The van der Waals surface area contributed by atoms with Crippen LogP contribution in [0.5, 0.6) is 0 Å². The van der Waals surface area contributed by atoms with E-state index in [9.17, 15) is 9.59 Å². The lowest BCUT2D eigenvalue weighted by atomic mass is 9.88. The quantitative estimate of drug-likeness (QED) is 0.602. The predicted octanol–water partition coefficient (Wildman–Crippen LogP) is 3.71. The van der Waals surface area contributed by atoms with Gasteiger partial charge in [0.05, 0.1) is 17.2 Å². The highest BCUT2D eigenvalue weighted by Gasteiger charge is 2.21. The van der Waals surface area contributed by atoms with Crippen LogP contribution < -0.4 is 10.6 Å². The van der Waals surface area contributed by atoms with Crippen LogP contribution in [0.3, 0.4) is 0 Å². The summed E-state index contributed by atoms with van der Waals surface area (Å²) in [5, 5.41) is 5.53. The Bertz CT molecular complexity index is 958. The Morgan fingerprint density at radius 3 is 2.67 bits per heavy atom. The van der Waals surface area contributed by atoms with Crippen molar-refractivity contribution in [2.24, 2.45) is 5.92 Å². The van der Waals surface area contributed by atoms with E-state index < -0.39 is 0 Å². The van der Waals surface area contributed by atoms with Crippen LogP contribution in [0.4, 0.5) is 11.5 Å². The van der Waals surface area contributed by atoms with Crippen LogP contribution in [-0.2, 0) is 9.59 Å². The fourth-order valence-electron chi connectivity index (χ4n) is 3.51. The van der Waals surface area contributed by atoms with Gasteiger partial charge in [0.15, 0.2) is 0 Å². The Labute approximate surface area is 156 Å². The highest BCUT2D eigenvalue weighted by atomic mass is 16.2. The molecule has 0 aliphatic heterocycles. The summed E-state index contributed by atoms with van der Waals surface area (Å²) in [6.45, 7) is 0. The topological polar surface area (TPSA) is 99.8 Å². The molecule has 1 fully saturated rings. The smallest absolute Gasteiger partial charge is 0.227 e. The lowest BCUT2D eigenvalue weighted by Gasteiger charge is -2.20. The first-order chi connectivity index (χ1) is 13.2.